The Labute approximate surface area is 136 Å². The van der Waals surface area contributed by atoms with E-state index in [0.717, 1.165) is 13.1 Å². The Hall–Kier alpha value is -1.68. The number of thioether (sulfide) groups is 1. The van der Waals surface area contributed by atoms with Gasteiger partial charge < -0.3 is 14.5 Å². The van der Waals surface area contributed by atoms with Crippen LogP contribution in [0.1, 0.15) is 27.7 Å². The van der Waals surface area contributed by atoms with Crippen molar-refractivity contribution in [2.45, 2.75) is 33.1 Å². The molecule has 1 rings (SSSR count). The Bertz CT molecular complexity index is 483. The highest BCUT2D eigenvalue weighted by atomic mass is 32.2. The summed E-state index contributed by atoms with van der Waals surface area (Å²) in [5.41, 5.74) is 0. The van der Waals surface area contributed by atoms with E-state index in [1.54, 1.807) is 11.8 Å². The maximum absolute atomic E-state index is 12.5. The maximum atomic E-state index is 12.5. The van der Waals surface area contributed by atoms with Gasteiger partial charge in [0.2, 0.25) is 0 Å². The molecule has 1 aliphatic heterocycles. The largest absolute Gasteiger partial charge is 0.465 e. The molecule has 0 spiro atoms. The van der Waals surface area contributed by atoms with Gasteiger partial charge in [-0.3, -0.25) is 9.59 Å². The minimum absolute atomic E-state index is 0.131. The number of ether oxygens (including phenoxy) is 1. The first-order valence-corrected chi connectivity index (χ1v) is 8.41. The van der Waals surface area contributed by atoms with E-state index in [-0.39, 0.29) is 12.5 Å². The van der Waals surface area contributed by atoms with Gasteiger partial charge in [-0.15, -0.1) is 0 Å². The number of nitrogens with zero attached hydrogens (tertiary/aromatic N) is 3. The molecule has 1 saturated heterocycles. The highest BCUT2D eigenvalue weighted by Crippen LogP contribution is 2.39. The molecule has 7 heteroatoms. The van der Waals surface area contributed by atoms with Crippen LogP contribution in [0.15, 0.2) is 11.1 Å². The van der Waals surface area contributed by atoms with E-state index in [1.807, 2.05) is 37.9 Å². The first kappa shape index (κ1) is 18.4. The molecule has 0 aromatic rings. The third-order valence-corrected chi connectivity index (χ3v) is 4.75. The highest BCUT2D eigenvalue weighted by Gasteiger charge is 2.44. The molecular formula is C15H23N3O3S. The Morgan fingerprint density at radius 3 is 2.55 bits per heavy atom. The second-order valence-corrected chi connectivity index (χ2v) is 5.83. The minimum Gasteiger partial charge on any atom is -0.465 e. The number of carbonyl (C=O) groups is 2. The average molecular weight is 325 g/mol. The summed E-state index contributed by atoms with van der Waals surface area (Å²) in [5.74, 6) is -1.68. The van der Waals surface area contributed by atoms with Crippen molar-refractivity contribution in [2.24, 2.45) is 5.92 Å². The summed E-state index contributed by atoms with van der Waals surface area (Å²) in [6, 6.07) is 1.99. The van der Waals surface area contributed by atoms with Gasteiger partial charge in [-0.05, 0) is 27.7 Å². The molecule has 1 heterocycles. The van der Waals surface area contributed by atoms with Crippen molar-refractivity contribution in [1.29, 1.82) is 5.26 Å². The number of rotatable bonds is 7. The summed E-state index contributed by atoms with van der Waals surface area (Å²) in [5, 5.41) is 8.79. The standard InChI is InChI=1S/C15H23N3O3S/c1-5-17(6-2)10-12-13(19)18(7-3)14(22-12)11(9-16)15(20)21-8-4/h10-11,14H,5-8H2,1-4H3/b12-10+. The van der Waals surface area contributed by atoms with E-state index in [4.69, 9.17) is 4.74 Å². The fourth-order valence-corrected chi connectivity index (χ4v) is 3.56. The van der Waals surface area contributed by atoms with Crippen LogP contribution in [0.4, 0.5) is 0 Å². The topological polar surface area (TPSA) is 73.6 Å². The predicted molar refractivity (Wildman–Crippen MR) is 85.5 cm³/mol. The van der Waals surface area contributed by atoms with Gasteiger partial charge in [0, 0.05) is 25.8 Å². The summed E-state index contributed by atoms with van der Waals surface area (Å²) in [4.78, 5) is 28.6. The molecule has 1 fully saturated rings. The van der Waals surface area contributed by atoms with Crippen molar-refractivity contribution in [1.82, 2.24) is 9.80 Å². The highest BCUT2D eigenvalue weighted by molar-refractivity contribution is 8.05. The van der Waals surface area contributed by atoms with E-state index in [9.17, 15) is 14.9 Å². The number of esters is 1. The smallest absolute Gasteiger partial charge is 0.326 e. The van der Waals surface area contributed by atoms with Gasteiger partial charge in [0.05, 0.1) is 17.6 Å². The average Bonchev–Trinajstić information content (AvgIpc) is 2.81. The van der Waals surface area contributed by atoms with E-state index in [1.165, 1.54) is 11.8 Å². The summed E-state index contributed by atoms with van der Waals surface area (Å²) >= 11 is 1.27. The molecule has 0 aromatic heterocycles. The second kappa shape index (κ2) is 8.69. The molecule has 0 aliphatic carbocycles. The van der Waals surface area contributed by atoms with Crippen molar-refractivity contribution in [3.8, 4) is 6.07 Å². The Kier molecular flexibility index (Phi) is 7.25. The van der Waals surface area contributed by atoms with Gasteiger partial charge >= 0.3 is 5.97 Å². The molecule has 1 amide bonds. The zero-order valence-electron chi connectivity index (χ0n) is 13.5. The fraction of sp³-hybridized carbons (Fsp3) is 0.667. The summed E-state index contributed by atoms with van der Waals surface area (Å²) < 4.78 is 4.95. The quantitative estimate of drug-likeness (QED) is 0.525. The number of hydrogen-bond acceptors (Lipinski definition) is 6. The first-order chi connectivity index (χ1) is 10.5. The zero-order chi connectivity index (χ0) is 16.7. The lowest BCUT2D eigenvalue weighted by Gasteiger charge is -2.24. The van der Waals surface area contributed by atoms with Crippen LogP contribution in [0.3, 0.4) is 0 Å². The van der Waals surface area contributed by atoms with Crippen LogP contribution in [0.25, 0.3) is 0 Å². The van der Waals surface area contributed by atoms with Gasteiger partial charge in [0.1, 0.15) is 5.37 Å². The molecule has 22 heavy (non-hydrogen) atoms. The molecule has 1 aliphatic rings. The lowest BCUT2D eigenvalue weighted by Crippen LogP contribution is -2.40. The van der Waals surface area contributed by atoms with Crippen LogP contribution in [0.5, 0.6) is 0 Å². The summed E-state index contributed by atoms with van der Waals surface area (Å²) in [7, 11) is 0. The van der Waals surface area contributed by atoms with Crippen LogP contribution in [-0.4, -0.2) is 53.3 Å². The van der Waals surface area contributed by atoms with Gasteiger partial charge in [-0.25, -0.2) is 0 Å². The zero-order valence-corrected chi connectivity index (χ0v) is 14.4. The number of carbonyl (C=O) groups excluding carboxylic acids is 2. The number of nitriles is 1. The van der Waals surface area contributed by atoms with Crippen LogP contribution >= 0.6 is 11.8 Å². The maximum Gasteiger partial charge on any atom is 0.326 e. The van der Waals surface area contributed by atoms with Crippen molar-refractivity contribution >= 4 is 23.6 Å². The normalized spacial score (nSPS) is 20.9. The molecule has 0 aromatic carbocycles. The third kappa shape index (κ3) is 3.95. The third-order valence-electron chi connectivity index (χ3n) is 3.44. The van der Waals surface area contributed by atoms with Crippen molar-refractivity contribution < 1.29 is 14.3 Å². The van der Waals surface area contributed by atoms with E-state index >= 15 is 0 Å². The summed E-state index contributed by atoms with van der Waals surface area (Å²) in [6.07, 6.45) is 1.81. The molecule has 0 saturated carbocycles. The van der Waals surface area contributed by atoms with E-state index in [2.05, 4.69) is 0 Å². The van der Waals surface area contributed by atoms with Gasteiger partial charge in [-0.2, -0.15) is 5.26 Å². The minimum atomic E-state index is -0.976. The van der Waals surface area contributed by atoms with Gasteiger partial charge in [0.25, 0.3) is 5.91 Å². The summed E-state index contributed by atoms with van der Waals surface area (Å²) in [6.45, 7) is 9.81. The molecule has 2 unspecified atom stereocenters. The molecule has 2 atom stereocenters. The Morgan fingerprint density at radius 1 is 1.45 bits per heavy atom. The Balaban J connectivity index is 3.03. The molecule has 0 bridgehead atoms. The molecule has 0 radical (unpaired) electrons. The van der Waals surface area contributed by atoms with Crippen molar-refractivity contribution in [2.75, 3.05) is 26.2 Å². The van der Waals surface area contributed by atoms with Gasteiger partial charge in [0.15, 0.2) is 5.92 Å². The number of hydrogen-bond donors (Lipinski definition) is 0. The van der Waals surface area contributed by atoms with Crippen molar-refractivity contribution in [3.05, 3.63) is 11.1 Å². The SMILES string of the molecule is CCOC(=O)C(C#N)C1S/C(=C/N(CC)CC)C(=O)N1CC. The monoisotopic (exact) mass is 325 g/mol. The van der Waals surface area contributed by atoms with E-state index < -0.39 is 17.3 Å². The Morgan fingerprint density at radius 2 is 2.09 bits per heavy atom. The predicted octanol–water partition coefficient (Wildman–Crippen LogP) is 1.79. The number of likely N-dealkylation sites (N-methyl/N-ethyl adjacent to an activating group) is 1. The molecule has 6 nitrogen and oxygen atoms in total. The van der Waals surface area contributed by atoms with Crippen LogP contribution < -0.4 is 0 Å². The van der Waals surface area contributed by atoms with Crippen LogP contribution in [-0.2, 0) is 14.3 Å². The molecule has 0 N–H and O–H groups in total. The van der Waals surface area contributed by atoms with Crippen LogP contribution in [0, 0.1) is 17.2 Å². The van der Waals surface area contributed by atoms with E-state index in [0.29, 0.717) is 11.4 Å². The lowest BCUT2D eigenvalue weighted by atomic mass is 10.1. The molecular weight excluding hydrogens is 302 g/mol. The lowest BCUT2D eigenvalue weighted by molar-refractivity contribution is -0.147. The second-order valence-electron chi connectivity index (χ2n) is 4.67. The van der Waals surface area contributed by atoms with Crippen molar-refractivity contribution in [3.63, 3.8) is 0 Å². The van der Waals surface area contributed by atoms with Gasteiger partial charge in [-0.1, -0.05) is 11.8 Å². The van der Waals surface area contributed by atoms with Crippen LogP contribution in [0.2, 0.25) is 0 Å². The fourth-order valence-electron chi connectivity index (χ4n) is 2.20. The number of amides is 1. The first-order valence-electron chi connectivity index (χ1n) is 7.53. The molecule has 122 valence electrons.